The van der Waals surface area contributed by atoms with Crippen molar-refractivity contribution < 1.29 is 9.90 Å². The number of halogens is 1. The van der Waals surface area contributed by atoms with Crippen LogP contribution < -0.4 is 5.32 Å². The van der Waals surface area contributed by atoms with Gasteiger partial charge in [0.25, 0.3) is 0 Å². The molecule has 0 atom stereocenters. The summed E-state index contributed by atoms with van der Waals surface area (Å²) in [6.45, 7) is 4.78. The van der Waals surface area contributed by atoms with Crippen LogP contribution in [0.1, 0.15) is 12.8 Å². The van der Waals surface area contributed by atoms with Crippen LogP contribution in [0.2, 0.25) is 0 Å². The lowest BCUT2D eigenvalue weighted by Crippen LogP contribution is -2.58. The van der Waals surface area contributed by atoms with Crippen molar-refractivity contribution in [3.63, 3.8) is 0 Å². The topological polar surface area (TPSA) is 49.3 Å². The average Bonchev–Trinajstić information content (AvgIpc) is 1.85. The van der Waals surface area contributed by atoms with Gasteiger partial charge < -0.3 is 10.4 Å². The van der Waals surface area contributed by atoms with Gasteiger partial charge in [-0.25, -0.2) is 0 Å². The Morgan fingerprint density at radius 3 is 2.50 bits per heavy atom. The molecule has 1 aliphatic rings. The molecule has 12 heavy (non-hydrogen) atoms. The Morgan fingerprint density at radius 2 is 2.25 bits per heavy atom. The molecule has 1 aliphatic heterocycles. The van der Waals surface area contributed by atoms with Crippen LogP contribution in [0.3, 0.4) is 0 Å². The van der Waals surface area contributed by atoms with E-state index in [0.717, 1.165) is 6.42 Å². The van der Waals surface area contributed by atoms with Crippen molar-refractivity contribution in [2.45, 2.75) is 12.8 Å². The normalized spacial score (nSPS) is 18.7. The standard InChI is InChI=1S/C8H13NO2.ClH/c1-2-3-4-8(7(10)11)5-9-6-8;/h2,9H,1,3-6H2,(H,10,11);1H. The van der Waals surface area contributed by atoms with E-state index in [1.807, 2.05) is 0 Å². The Bertz CT molecular complexity index is 178. The van der Waals surface area contributed by atoms with Crippen molar-refractivity contribution in [2.75, 3.05) is 13.1 Å². The summed E-state index contributed by atoms with van der Waals surface area (Å²) in [4.78, 5) is 10.7. The zero-order valence-electron chi connectivity index (χ0n) is 6.88. The first kappa shape index (κ1) is 11.5. The summed E-state index contributed by atoms with van der Waals surface area (Å²) < 4.78 is 0. The monoisotopic (exact) mass is 191 g/mol. The third-order valence-electron chi connectivity index (χ3n) is 2.21. The van der Waals surface area contributed by atoms with Gasteiger partial charge in [-0.2, -0.15) is 0 Å². The summed E-state index contributed by atoms with van der Waals surface area (Å²) >= 11 is 0. The molecule has 1 saturated heterocycles. The van der Waals surface area contributed by atoms with E-state index in [-0.39, 0.29) is 12.4 Å². The number of carbonyl (C=O) groups is 1. The van der Waals surface area contributed by atoms with E-state index >= 15 is 0 Å². The summed E-state index contributed by atoms with van der Waals surface area (Å²) in [5.41, 5.74) is -0.492. The molecular formula is C8H14ClNO2. The summed E-state index contributed by atoms with van der Waals surface area (Å²) in [6.07, 6.45) is 3.26. The van der Waals surface area contributed by atoms with Crippen LogP contribution >= 0.6 is 12.4 Å². The molecule has 0 spiro atoms. The number of allylic oxidation sites excluding steroid dienone is 1. The molecule has 0 aliphatic carbocycles. The fourth-order valence-corrected chi connectivity index (χ4v) is 1.24. The highest BCUT2D eigenvalue weighted by Gasteiger charge is 2.43. The smallest absolute Gasteiger partial charge is 0.312 e. The van der Waals surface area contributed by atoms with E-state index in [4.69, 9.17) is 5.11 Å². The lowest BCUT2D eigenvalue weighted by Gasteiger charge is -2.38. The summed E-state index contributed by atoms with van der Waals surface area (Å²) in [5.74, 6) is -0.682. The molecule has 1 heterocycles. The molecule has 0 aromatic heterocycles. The van der Waals surface area contributed by atoms with Gasteiger partial charge in [0, 0.05) is 13.1 Å². The second-order valence-corrected chi connectivity index (χ2v) is 3.02. The van der Waals surface area contributed by atoms with E-state index in [1.165, 1.54) is 0 Å². The van der Waals surface area contributed by atoms with E-state index in [9.17, 15) is 4.79 Å². The van der Waals surface area contributed by atoms with Crippen LogP contribution in [0.15, 0.2) is 12.7 Å². The molecule has 0 saturated carbocycles. The van der Waals surface area contributed by atoms with Gasteiger partial charge in [-0.05, 0) is 12.8 Å². The minimum Gasteiger partial charge on any atom is -0.481 e. The largest absolute Gasteiger partial charge is 0.481 e. The quantitative estimate of drug-likeness (QED) is 0.654. The maximum Gasteiger partial charge on any atom is 0.312 e. The van der Waals surface area contributed by atoms with Gasteiger partial charge in [0.2, 0.25) is 0 Å². The molecule has 0 unspecified atom stereocenters. The molecule has 0 aromatic carbocycles. The maximum atomic E-state index is 10.7. The van der Waals surface area contributed by atoms with Crippen LogP contribution in [0.25, 0.3) is 0 Å². The van der Waals surface area contributed by atoms with Crippen LogP contribution in [0, 0.1) is 5.41 Å². The molecular weight excluding hydrogens is 178 g/mol. The number of nitrogens with one attached hydrogen (secondary N) is 1. The maximum absolute atomic E-state index is 10.7. The van der Waals surface area contributed by atoms with Gasteiger partial charge in [0.05, 0.1) is 5.41 Å². The summed E-state index contributed by atoms with van der Waals surface area (Å²) in [7, 11) is 0. The zero-order chi connectivity index (χ0) is 8.32. The van der Waals surface area contributed by atoms with Crippen molar-refractivity contribution >= 4 is 18.4 Å². The molecule has 0 amide bonds. The Labute approximate surface area is 78.3 Å². The number of carboxylic acids is 1. The number of hydrogen-bond donors (Lipinski definition) is 2. The molecule has 0 radical (unpaired) electrons. The summed E-state index contributed by atoms with van der Waals surface area (Å²) in [5, 5.41) is 11.8. The third-order valence-corrected chi connectivity index (χ3v) is 2.21. The van der Waals surface area contributed by atoms with Crippen molar-refractivity contribution in [1.82, 2.24) is 5.32 Å². The number of carboxylic acid groups (broad SMARTS) is 1. The van der Waals surface area contributed by atoms with E-state index < -0.39 is 11.4 Å². The molecule has 1 rings (SSSR count). The first-order valence-electron chi connectivity index (χ1n) is 3.76. The second-order valence-electron chi connectivity index (χ2n) is 3.02. The predicted molar refractivity (Wildman–Crippen MR) is 49.6 cm³/mol. The fourth-order valence-electron chi connectivity index (χ4n) is 1.24. The van der Waals surface area contributed by atoms with Crippen LogP contribution in [-0.4, -0.2) is 24.2 Å². The Morgan fingerprint density at radius 1 is 1.67 bits per heavy atom. The average molecular weight is 192 g/mol. The van der Waals surface area contributed by atoms with Crippen molar-refractivity contribution in [3.05, 3.63) is 12.7 Å². The van der Waals surface area contributed by atoms with Crippen molar-refractivity contribution in [2.24, 2.45) is 5.41 Å². The highest BCUT2D eigenvalue weighted by Crippen LogP contribution is 2.28. The van der Waals surface area contributed by atoms with Gasteiger partial charge in [-0.15, -0.1) is 19.0 Å². The SMILES string of the molecule is C=CCCC1(C(=O)O)CNC1.Cl. The van der Waals surface area contributed by atoms with E-state index in [1.54, 1.807) is 6.08 Å². The molecule has 1 fully saturated rings. The molecule has 0 bridgehead atoms. The molecule has 2 N–H and O–H groups in total. The Balaban J connectivity index is 0.00000121. The van der Waals surface area contributed by atoms with Crippen molar-refractivity contribution in [3.8, 4) is 0 Å². The van der Waals surface area contributed by atoms with Gasteiger partial charge in [0.15, 0.2) is 0 Å². The fraction of sp³-hybridized carbons (Fsp3) is 0.625. The van der Waals surface area contributed by atoms with Gasteiger partial charge in [-0.1, -0.05) is 6.08 Å². The molecule has 70 valence electrons. The second kappa shape index (κ2) is 4.48. The highest BCUT2D eigenvalue weighted by molar-refractivity contribution is 5.85. The molecule has 4 heteroatoms. The number of hydrogen-bond acceptors (Lipinski definition) is 2. The minimum atomic E-state index is -0.682. The summed E-state index contributed by atoms with van der Waals surface area (Å²) in [6, 6.07) is 0. The van der Waals surface area contributed by atoms with Crippen LogP contribution in [0.5, 0.6) is 0 Å². The lowest BCUT2D eigenvalue weighted by molar-refractivity contribution is -0.152. The van der Waals surface area contributed by atoms with Crippen LogP contribution in [-0.2, 0) is 4.79 Å². The zero-order valence-corrected chi connectivity index (χ0v) is 7.69. The van der Waals surface area contributed by atoms with Gasteiger partial charge >= 0.3 is 5.97 Å². The first-order chi connectivity index (χ1) is 5.21. The van der Waals surface area contributed by atoms with Crippen molar-refractivity contribution in [1.29, 1.82) is 0 Å². The lowest BCUT2D eigenvalue weighted by atomic mass is 9.78. The predicted octanol–water partition coefficient (Wildman–Crippen LogP) is 1.05. The molecule has 3 nitrogen and oxygen atoms in total. The minimum absolute atomic E-state index is 0. The Kier molecular flexibility index (Phi) is 4.28. The third kappa shape index (κ3) is 1.99. The van der Waals surface area contributed by atoms with E-state index in [2.05, 4.69) is 11.9 Å². The number of aliphatic carboxylic acids is 1. The van der Waals surface area contributed by atoms with Gasteiger partial charge in [0.1, 0.15) is 0 Å². The molecule has 0 aromatic rings. The highest BCUT2D eigenvalue weighted by atomic mass is 35.5. The van der Waals surface area contributed by atoms with E-state index in [0.29, 0.717) is 19.5 Å². The van der Waals surface area contributed by atoms with Gasteiger partial charge in [-0.3, -0.25) is 4.79 Å². The Hall–Kier alpha value is -0.540. The van der Waals surface area contributed by atoms with Crippen LogP contribution in [0.4, 0.5) is 0 Å². The first-order valence-corrected chi connectivity index (χ1v) is 3.76. The number of rotatable bonds is 4.